The fourth-order valence-corrected chi connectivity index (χ4v) is 2.01. The molecule has 0 aromatic heterocycles. The third kappa shape index (κ3) is 3.54. The molecule has 0 saturated carbocycles. The average molecular weight is 283 g/mol. The molecule has 1 amide bonds. The number of anilines is 3. The van der Waals surface area contributed by atoms with Gasteiger partial charge in [0.2, 0.25) is 0 Å². The maximum absolute atomic E-state index is 12.2. The molecule has 2 aromatic rings. The van der Waals surface area contributed by atoms with Crippen LogP contribution >= 0.6 is 0 Å². The fraction of sp³-hybridized carbons (Fsp3) is 0.235. The van der Waals surface area contributed by atoms with Crippen molar-refractivity contribution in [3.8, 4) is 0 Å². The molecule has 0 spiro atoms. The molecule has 21 heavy (non-hydrogen) atoms. The molecule has 0 aliphatic rings. The zero-order chi connectivity index (χ0) is 15.6. The summed E-state index contributed by atoms with van der Waals surface area (Å²) in [5.74, 6) is -0.188. The van der Waals surface area contributed by atoms with E-state index in [0.717, 1.165) is 0 Å². The highest BCUT2D eigenvalue weighted by Crippen LogP contribution is 2.24. The Balaban J connectivity index is 2.17. The first-order valence-corrected chi connectivity index (χ1v) is 6.84. The first kappa shape index (κ1) is 14.9. The van der Waals surface area contributed by atoms with Gasteiger partial charge in [-0.3, -0.25) is 4.79 Å². The van der Waals surface area contributed by atoms with Crippen LogP contribution in [0.15, 0.2) is 42.5 Å². The maximum atomic E-state index is 12.2. The van der Waals surface area contributed by atoms with E-state index in [0.29, 0.717) is 22.6 Å². The summed E-state index contributed by atoms with van der Waals surface area (Å²) < 4.78 is 0. The molecule has 2 rings (SSSR count). The molecule has 5 N–H and O–H groups in total. The van der Waals surface area contributed by atoms with Crippen LogP contribution in [0.4, 0.5) is 17.1 Å². The van der Waals surface area contributed by atoms with Crippen molar-refractivity contribution in [3.05, 3.63) is 53.6 Å². The fourth-order valence-electron chi connectivity index (χ4n) is 2.01. The number of carbonyl (C=O) groups excluding carboxylic acids is 1. The Labute approximate surface area is 125 Å². The number of nitrogens with two attached hydrogens (primary N) is 2. The minimum Gasteiger partial charge on any atom is -0.399 e. The van der Waals surface area contributed by atoms with Crippen LogP contribution in [0.1, 0.15) is 36.7 Å². The Bertz CT molecular complexity index is 655. The van der Waals surface area contributed by atoms with Gasteiger partial charge in [-0.1, -0.05) is 32.9 Å². The van der Waals surface area contributed by atoms with E-state index in [9.17, 15) is 4.79 Å². The number of benzene rings is 2. The van der Waals surface area contributed by atoms with E-state index >= 15 is 0 Å². The third-order valence-electron chi connectivity index (χ3n) is 3.34. The van der Waals surface area contributed by atoms with Crippen molar-refractivity contribution in [1.29, 1.82) is 0 Å². The Kier molecular flexibility index (Phi) is 3.89. The summed E-state index contributed by atoms with van der Waals surface area (Å²) in [5.41, 5.74) is 14.9. The number of amides is 1. The summed E-state index contributed by atoms with van der Waals surface area (Å²) in [4.78, 5) is 12.2. The van der Waals surface area contributed by atoms with Crippen molar-refractivity contribution >= 4 is 23.0 Å². The number of carbonyl (C=O) groups is 1. The number of nitrogens with one attached hydrogen (secondary N) is 1. The Morgan fingerprint density at radius 3 is 2.14 bits per heavy atom. The van der Waals surface area contributed by atoms with Crippen molar-refractivity contribution in [3.63, 3.8) is 0 Å². The van der Waals surface area contributed by atoms with Crippen LogP contribution < -0.4 is 16.8 Å². The lowest BCUT2D eigenvalue weighted by molar-refractivity contribution is 0.102. The van der Waals surface area contributed by atoms with Crippen LogP contribution in [0.3, 0.4) is 0 Å². The molecule has 0 aliphatic heterocycles. The molecule has 0 atom stereocenters. The first-order valence-electron chi connectivity index (χ1n) is 6.84. The van der Waals surface area contributed by atoms with Crippen LogP contribution in [0, 0.1) is 0 Å². The van der Waals surface area contributed by atoms with Crippen molar-refractivity contribution in [1.82, 2.24) is 0 Å². The first-order chi connectivity index (χ1) is 9.77. The predicted molar refractivity (Wildman–Crippen MR) is 88.4 cm³/mol. The Hall–Kier alpha value is -2.49. The SMILES string of the molecule is CC(C)(C)c1ccc(C(=O)Nc2ccc(N)cc2N)cc1. The topological polar surface area (TPSA) is 81.1 Å². The summed E-state index contributed by atoms with van der Waals surface area (Å²) in [5, 5.41) is 2.79. The van der Waals surface area contributed by atoms with Crippen molar-refractivity contribution in [2.45, 2.75) is 26.2 Å². The van der Waals surface area contributed by atoms with Crippen LogP contribution in [0.2, 0.25) is 0 Å². The van der Waals surface area contributed by atoms with E-state index < -0.39 is 0 Å². The van der Waals surface area contributed by atoms with Crippen molar-refractivity contribution in [2.75, 3.05) is 16.8 Å². The van der Waals surface area contributed by atoms with E-state index in [1.807, 2.05) is 24.3 Å². The van der Waals surface area contributed by atoms with Gasteiger partial charge < -0.3 is 16.8 Å². The van der Waals surface area contributed by atoms with Gasteiger partial charge in [0.15, 0.2) is 0 Å². The van der Waals surface area contributed by atoms with Gasteiger partial charge >= 0.3 is 0 Å². The molecule has 0 aliphatic carbocycles. The van der Waals surface area contributed by atoms with E-state index in [1.54, 1.807) is 18.2 Å². The Morgan fingerprint density at radius 1 is 1.00 bits per heavy atom. The maximum Gasteiger partial charge on any atom is 0.255 e. The predicted octanol–water partition coefficient (Wildman–Crippen LogP) is 3.40. The lowest BCUT2D eigenvalue weighted by atomic mass is 9.87. The molecule has 0 bridgehead atoms. The van der Waals surface area contributed by atoms with Gasteiger partial charge in [0, 0.05) is 11.3 Å². The highest BCUT2D eigenvalue weighted by atomic mass is 16.1. The third-order valence-corrected chi connectivity index (χ3v) is 3.34. The van der Waals surface area contributed by atoms with Gasteiger partial charge in [0.1, 0.15) is 0 Å². The highest BCUT2D eigenvalue weighted by molar-refractivity contribution is 6.05. The molecule has 0 unspecified atom stereocenters. The molecule has 0 heterocycles. The molecule has 0 radical (unpaired) electrons. The largest absolute Gasteiger partial charge is 0.399 e. The number of hydrogen-bond acceptors (Lipinski definition) is 3. The van der Waals surface area contributed by atoms with Gasteiger partial charge in [-0.05, 0) is 41.3 Å². The Morgan fingerprint density at radius 2 is 1.62 bits per heavy atom. The van der Waals surface area contributed by atoms with E-state index in [2.05, 4.69) is 26.1 Å². The second kappa shape index (κ2) is 5.48. The lowest BCUT2D eigenvalue weighted by Crippen LogP contribution is -2.15. The molecular formula is C17H21N3O. The summed E-state index contributed by atoms with van der Waals surface area (Å²) in [6.07, 6.45) is 0. The van der Waals surface area contributed by atoms with Crippen LogP contribution in [0.5, 0.6) is 0 Å². The van der Waals surface area contributed by atoms with Gasteiger partial charge in [-0.2, -0.15) is 0 Å². The van der Waals surface area contributed by atoms with Crippen molar-refractivity contribution in [2.24, 2.45) is 0 Å². The highest BCUT2D eigenvalue weighted by Gasteiger charge is 2.14. The van der Waals surface area contributed by atoms with Gasteiger partial charge in [-0.25, -0.2) is 0 Å². The van der Waals surface area contributed by atoms with Gasteiger partial charge in [0.05, 0.1) is 11.4 Å². The molecular weight excluding hydrogens is 262 g/mol. The monoisotopic (exact) mass is 283 g/mol. The summed E-state index contributed by atoms with van der Waals surface area (Å²) in [6, 6.07) is 12.6. The second-order valence-corrected chi connectivity index (χ2v) is 6.13. The molecule has 110 valence electrons. The van der Waals surface area contributed by atoms with E-state index in [-0.39, 0.29) is 11.3 Å². The van der Waals surface area contributed by atoms with Crippen LogP contribution in [-0.4, -0.2) is 5.91 Å². The molecule has 4 heteroatoms. The summed E-state index contributed by atoms with van der Waals surface area (Å²) in [7, 11) is 0. The number of hydrogen-bond donors (Lipinski definition) is 3. The summed E-state index contributed by atoms with van der Waals surface area (Å²) >= 11 is 0. The normalized spacial score (nSPS) is 11.2. The number of nitrogen functional groups attached to an aromatic ring is 2. The average Bonchev–Trinajstić information content (AvgIpc) is 2.41. The quantitative estimate of drug-likeness (QED) is 0.739. The molecule has 2 aromatic carbocycles. The lowest BCUT2D eigenvalue weighted by Gasteiger charge is -2.19. The smallest absolute Gasteiger partial charge is 0.255 e. The minimum absolute atomic E-state index is 0.0659. The summed E-state index contributed by atoms with van der Waals surface area (Å²) in [6.45, 7) is 6.41. The standard InChI is InChI=1S/C17H21N3O/c1-17(2,3)12-6-4-11(5-7-12)16(21)20-15-9-8-13(18)10-14(15)19/h4-10H,18-19H2,1-3H3,(H,20,21). The zero-order valence-electron chi connectivity index (χ0n) is 12.6. The van der Waals surface area contributed by atoms with Crippen LogP contribution in [-0.2, 0) is 5.41 Å². The second-order valence-electron chi connectivity index (χ2n) is 6.13. The zero-order valence-corrected chi connectivity index (χ0v) is 12.6. The number of rotatable bonds is 2. The molecule has 0 saturated heterocycles. The van der Waals surface area contributed by atoms with Gasteiger partial charge in [0.25, 0.3) is 5.91 Å². The van der Waals surface area contributed by atoms with Crippen LogP contribution in [0.25, 0.3) is 0 Å². The van der Waals surface area contributed by atoms with E-state index in [1.165, 1.54) is 5.56 Å². The molecule has 4 nitrogen and oxygen atoms in total. The van der Waals surface area contributed by atoms with E-state index in [4.69, 9.17) is 11.5 Å². The van der Waals surface area contributed by atoms with Crippen molar-refractivity contribution < 1.29 is 4.79 Å². The minimum atomic E-state index is -0.188. The van der Waals surface area contributed by atoms with Gasteiger partial charge in [-0.15, -0.1) is 0 Å². The molecule has 0 fully saturated rings.